The lowest BCUT2D eigenvalue weighted by Crippen LogP contribution is -2.43. The Labute approximate surface area is 174 Å². The number of nitrogens with one attached hydrogen (secondary N) is 1. The fraction of sp³-hybridized carbons (Fsp3) is 0.300. The zero-order valence-electron chi connectivity index (χ0n) is 14.9. The summed E-state index contributed by atoms with van der Waals surface area (Å²) in [7, 11) is 0. The number of halogens is 2. The molecule has 1 heterocycles. The molecule has 1 atom stereocenters. The molecule has 2 aromatic rings. The molecule has 0 saturated heterocycles. The van der Waals surface area contributed by atoms with E-state index in [1.165, 1.54) is 0 Å². The van der Waals surface area contributed by atoms with Gasteiger partial charge in [0.05, 0.1) is 19.1 Å². The minimum Gasteiger partial charge on any atom is -0.466 e. The van der Waals surface area contributed by atoms with Crippen molar-refractivity contribution in [2.24, 2.45) is 0 Å². The molecule has 0 spiro atoms. The van der Waals surface area contributed by atoms with Crippen LogP contribution in [0.4, 0.5) is 11.4 Å². The molecule has 1 aliphatic rings. The van der Waals surface area contributed by atoms with Gasteiger partial charge in [-0.05, 0) is 61.1 Å². The van der Waals surface area contributed by atoms with E-state index in [2.05, 4.69) is 12.2 Å². The standard InChI is InChI=1S/C20H20Cl2N2O2S/c1-2-3-10-26-19(25)12-18-16-11-14(22)6-9-17(16)23-20(27)24(18)15-7-4-13(21)5-8-15/h4-9,11,18H,2-3,10,12H2,1H3,(H,23,27). The summed E-state index contributed by atoms with van der Waals surface area (Å²) in [6, 6.07) is 12.6. The third kappa shape index (κ3) is 4.72. The van der Waals surface area contributed by atoms with Crippen LogP contribution in [-0.2, 0) is 9.53 Å². The highest BCUT2D eigenvalue weighted by Gasteiger charge is 2.33. The maximum Gasteiger partial charge on any atom is 0.308 e. The van der Waals surface area contributed by atoms with E-state index in [4.69, 9.17) is 40.2 Å². The lowest BCUT2D eigenvalue weighted by atomic mass is 9.97. The second kappa shape index (κ2) is 8.91. The number of rotatable bonds is 6. The molecule has 3 rings (SSSR count). The van der Waals surface area contributed by atoms with Crippen LogP contribution < -0.4 is 10.2 Å². The summed E-state index contributed by atoms with van der Waals surface area (Å²) >= 11 is 17.8. The van der Waals surface area contributed by atoms with Crippen molar-refractivity contribution in [3.63, 3.8) is 0 Å². The summed E-state index contributed by atoms with van der Waals surface area (Å²) in [5.74, 6) is -0.261. The predicted octanol–water partition coefficient (Wildman–Crippen LogP) is 5.98. The first kappa shape index (κ1) is 19.9. The Morgan fingerprint density at radius 3 is 2.59 bits per heavy atom. The molecule has 0 radical (unpaired) electrons. The Morgan fingerprint density at radius 1 is 1.19 bits per heavy atom. The minimum absolute atomic E-state index is 0.168. The molecule has 7 heteroatoms. The number of benzene rings is 2. The molecule has 0 aromatic heterocycles. The Kier molecular flexibility index (Phi) is 6.58. The van der Waals surface area contributed by atoms with Crippen LogP contribution in [0.3, 0.4) is 0 Å². The molecule has 1 N–H and O–H groups in total. The number of hydrogen-bond donors (Lipinski definition) is 1. The van der Waals surface area contributed by atoms with Gasteiger partial charge in [0, 0.05) is 27.0 Å². The fourth-order valence-electron chi connectivity index (χ4n) is 3.03. The minimum atomic E-state index is -0.317. The molecular formula is C20H20Cl2N2O2S. The van der Waals surface area contributed by atoms with Gasteiger partial charge in [0.1, 0.15) is 0 Å². The molecule has 1 aliphatic heterocycles. The van der Waals surface area contributed by atoms with Crippen molar-refractivity contribution in [1.82, 2.24) is 0 Å². The van der Waals surface area contributed by atoms with E-state index >= 15 is 0 Å². The Hall–Kier alpha value is -1.82. The Balaban J connectivity index is 1.95. The topological polar surface area (TPSA) is 41.6 Å². The number of nitrogens with zero attached hydrogens (tertiary/aromatic N) is 1. The van der Waals surface area contributed by atoms with Crippen LogP contribution >= 0.6 is 35.4 Å². The van der Waals surface area contributed by atoms with E-state index in [1.54, 1.807) is 18.2 Å². The van der Waals surface area contributed by atoms with Gasteiger partial charge in [-0.15, -0.1) is 0 Å². The molecule has 0 amide bonds. The van der Waals surface area contributed by atoms with Gasteiger partial charge >= 0.3 is 5.97 Å². The third-order valence-corrected chi connectivity index (χ3v) is 5.16. The molecule has 1 unspecified atom stereocenters. The number of esters is 1. The van der Waals surface area contributed by atoms with E-state index in [-0.39, 0.29) is 18.4 Å². The van der Waals surface area contributed by atoms with E-state index in [0.717, 1.165) is 29.8 Å². The summed E-state index contributed by atoms with van der Waals surface area (Å²) in [6.07, 6.45) is 1.99. The molecule has 27 heavy (non-hydrogen) atoms. The number of unbranched alkanes of at least 4 members (excludes halogenated alkanes) is 1. The lowest BCUT2D eigenvalue weighted by molar-refractivity contribution is -0.144. The van der Waals surface area contributed by atoms with Crippen molar-refractivity contribution >= 4 is 57.9 Å². The van der Waals surface area contributed by atoms with Crippen molar-refractivity contribution in [1.29, 1.82) is 0 Å². The zero-order chi connectivity index (χ0) is 19.4. The number of ether oxygens (including phenoxy) is 1. The van der Waals surface area contributed by atoms with Crippen LogP contribution in [0, 0.1) is 0 Å². The van der Waals surface area contributed by atoms with Crippen molar-refractivity contribution in [2.75, 3.05) is 16.8 Å². The number of hydrogen-bond acceptors (Lipinski definition) is 3. The van der Waals surface area contributed by atoms with Crippen molar-refractivity contribution in [3.8, 4) is 0 Å². The average molecular weight is 423 g/mol. The van der Waals surface area contributed by atoms with Gasteiger partial charge in [0.2, 0.25) is 0 Å². The summed E-state index contributed by atoms with van der Waals surface area (Å²) in [5.41, 5.74) is 2.59. The van der Waals surface area contributed by atoms with E-state index in [1.807, 2.05) is 29.2 Å². The molecule has 142 valence electrons. The SMILES string of the molecule is CCCCOC(=O)CC1c2cc(Cl)ccc2NC(=S)N1c1ccc(Cl)cc1. The highest BCUT2D eigenvalue weighted by atomic mass is 35.5. The number of thiocarbonyl (C=S) groups is 1. The number of carbonyl (C=O) groups is 1. The highest BCUT2D eigenvalue weighted by molar-refractivity contribution is 7.80. The first-order chi connectivity index (χ1) is 13.0. The second-order valence-corrected chi connectivity index (χ2v) is 7.56. The average Bonchev–Trinajstić information content (AvgIpc) is 2.64. The Bertz CT molecular complexity index is 842. The van der Waals surface area contributed by atoms with Crippen molar-refractivity contribution in [2.45, 2.75) is 32.2 Å². The van der Waals surface area contributed by atoms with Gasteiger partial charge in [-0.2, -0.15) is 0 Å². The van der Waals surface area contributed by atoms with Gasteiger partial charge in [-0.1, -0.05) is 36.5 Å². The quantitative estimate of drug-likeness (QED) is 0.351. The van der Waals surface area contributed by atoms with Crippen LogP contribution in [0.25, 0.3) is 0 Å². The van der Waals surface area contributed by atoms with Gasteiger partial charge in [-0.25, -0.2) is 0 Å². The largest absolute Gasteiger partial charge is 0.466 e. The van der Waals surface area contributed by atoms with Crippen molar-refractivity contribution < 1.29 is 9.53 Å². The molecule has 0 bridgehead atoms. The summed E-state index contributed by atoms with van der Waals surface area (Å²) < 4.78 is 5.39. The first-order valence-electron chi connectivity index (χ1n) is 8.80. The van der Waals surface area contributed by atoms with E-state index in [9.17, 15) is 4.79 Å². The predicted molar refractivity (Wildman–Crippen MR) is 115 cm³/mol. The van der Waals surface area contributed by atoms with Crippen LogP contribution in [0.1, 0.15) is 37.8 Å². The lowest BCUT2D eigenvalue weighted by Gasteiger charge is -2.39. The molecule has 0 fully saturated rings. The van der Waals surface area contributed by atoms with Crippen LogP contribution in [0.2, 0.25) is 10.0 Å². The van der Waals surface area contributed by atoms with Gasteiger partial charge in [0.15, 0.2) is 5.11 Å². The highest BCUT2D eigenvalue weighted by Crippen LogP contribution is 2.40. The molecule has 4 nitrogen and oxygen atoms in total. The summed E-state index contributed by atoms with van der Waals surface area (Å²) in [5, 5.41) is 4.97. The monoisotopic (exact) mass is 422 g/mol. The van der Waals surface area contributed by atoms with Crippen LogP contribution in [0.15, 0.2) is 42.5 Å². The van der Waals surface area contributed by atoms with Gasteiger partial charge < -0.3 is 15.0 Å². The molecule has 0 saturated carbocycles. The smallest absolute Gasteiger partial charge is 0.308 e. The van der Waals surface area contributed by atoms with Crippen LogP contribution in [-0.4, -0.2) is 17.7 Å². The zero-order valence-corrected chi connectivity index (χ0v) is 17.2. The molecule has 0 aliphatic carbocycles. The Morgan fingerprint density at radius 2 is 1.89 bits per heavy atom. The number of fused-ring (bicyclic) bond motifs is 1. The van der Waals surface area contributed by atoms with Crippen LogP contribution in [0.5, 0.6) is 0 Å². The van der Waals surface area contributed by atoms with Gasteiger partial charge in [-0.3, -0.25) is 4.79 Å². The maximum atomic E-state index is 12.5. The first-order valence-corrected chi connectivity index (χ1v) is 9.97. The number of carbonyl (C=O) groups excluding carboxylic acids is 1. The third-order valence-electron chi connectivity index (χ3n) is 4.37. The normalized spacial score (nSPS) is 15.9. The second-order valence-electron chi connectivity index (χ2n) is 6.30. The fourth-order valence-corrected chi connectivity index (χ4v) is 3.68. The van der Waals surface area contributed by atoms with Crippen molar-refractivity contribution in [3.05, 3.63) is 58.1 Å². The number of anilines is 2. The summed E-state index contributed by atoms with van der Waals surface area (Å²) in [6.45, 7) is 2.48. The molecule has 2 aromatic carbocycles. The summed E-state index contributed by atoms with van der Waals surface area (Å²) in [4.78, 5) is 14.4. The maximum absolute atomic E-state index is 12.5. The van der Waals surface area contributed by atoms with E-state index < -0.39 is 0 Å². The van der Waals surface area contributed by atoms with E-state index in [0.29, 0.717) is 21.8 Å². The molecular weight excluding hydrogens is 403 g/mol. The van der Waals surface area contributed by atoms with Gasteiger partial charge in [0.25, 0.3) is 0 Å².